The molecule has 18 heavy (non-hydrogen) atoms. The number of hydrogen-bond donors (Lipinski definition) is 2. The fourth-order valence-corrected chi connectivity index (χ4v) is 2.69. The number of carbonyl (C=O) groups is 1. The molecule has 3 rings (SSSR count). The quantitative estimate of drug-likeness (QED) is 0.821. The largest absolute Gasteiger partial charge is 0.325 e. The third-order valence-electron chi connectivity index (χ3n) is 3.85. The van der Waals surface area contributed by atoms with Crippen LogP contribution in [-0.2, 0) is 11.3 Å². The standard InChI is InChI=1S/C14H19N3O/c1-10-12-8-11(2-3-13(12)16-14(10)18)9-17-6-4-15-5-7-17/h2-3,8,10,15H,4-7,9H2,1H3,(H,16,18). The van der Waals surface area contributed by atoms with Crippen LogP contribution in [0.5, 0.6) is 0 Å². The summed E-state index contributed by atoms with van der Waals surface area (Å²) < 4.78 is 0. The van der Waals surface area contributed by atoms with Crippen LogP contribution in [0.4, 0.5) is 5.69 Å². The van der Waals surface area contributed by atoms with E-state index in [1.54, 1.807) is 0 Å². The molecule has 0 aliphatic carbocycles. The zero-order valence-electron chi connectivity index (χ0n) is 10.7. The van der Waals surface area contributed by atoms with Gasteiger partial charge in [0.2, 0.25) is 5.91 Å². The van der Waals surface area contributed by atoms with Crippen molar-refractivity contribution in [2.75, 3.05) is 31.5 Å². The number of piperazine rings is 1. The second-order valence-electron chi connectivity index (χ2n) is 5.16. The topological polar surface area (TPSA) is 44.4 Å². The van der Waals surface area contributed by atoms with Crippen LogP contribution in [0, 0.1) is 0 Å². The maximum Gasteiger partial charge on any atom is 0.231 e. The first-order valence-corrected chi connectivity index (χ1v) is 6.61. The number of benzene rings is 1. The molecular weight excluding hydrogens is 226 g/mol. The van der Waals surface area contributed by atoms with E-state index in [0.29, 0.717) is 0 Å². The van der Waals surface area contributed by atoms with Crippen molar-refractivity contribution < 1.29 is 4.79 Å². The molecule has 2 N–H and O–H groups in total. The summed E-state index contributed by atoms with van der Waals surface area (Å²) in [4.78, 5) is 14.1. The van der Waals surface area contributed by atoms with Gasteiger partial charge in [0.25, 0.3) is 0 Å². The van der Waals surface area contributed by atoms with Crippen molar-refractivity contribution in [1.29, 1.82) is 0 Å². The minimum absolute atomic E-state index is 0.0111. The summed E-state index contributed by atoms with van der Waals surface area (Å²) in [5.74, 6) is 0.104. The predicted molar refractivity (Wildman–Crippen MR) is 71.6 cm³/mol. The lowest BCUT2D eigenvalue weighted by molar-refractivity contribution is -0.116. The van der Waals surface area contributed by atoms with Crippen molar-refractivity contribution in [2.45, 2.75) is 19.4 Å². The number of anilines is 1. The molecule has 1 amide bonds. The zero-order chi connectivity index (χ0) is 12.5. The molecule has 0 radical (unpaired) electrons. The number of nitrogens with zero attached hydrogens (tertiary/aromatic N) is 1. The molecule has 2 heterocycles. The number of carbonyl (C=O) groups excluding carboxylic acids is 1. The second kappa shape index (κ2) is 4.71. The monoisotopic (exact) mass is 245 g/mol. The lowest BCUT2D eigenvalue weighted by Crippen LogP contribution is -2.42. The highest BCUT2D eigenvalue weighted by Gasteiger charge is 2.26. The van der Waals surface area contributed by atoms with Gasteiger partial charge in [-0.15, -0.1) is 0 Å². The molecule has 1 fully saturated rings. The average molecular weight is 245 g/mol. The number of hydrogen-bond acceptors (Lipinski definition) is 3. The molecular formula is C14H19N3O. The summed E-state index contributed by atoms with van der Waals surface area (Å²) in [6.45, 7) is 7.29. The molecule has 1 saturated heterocycles. The smallest absolute Gasteiger partial charge is 0.231 e. The Balaban J connectivity index is 1.76. The molecule has 0 aromatic heterocycles. The maximum absolute atomic E-state index is 11.6. The van der Waals surface area contributed by atoms with Crippen LogP contribution >= 0.6 is 0 Å². The highest BCUT2D eigenvalue weighted by atomic mass is 16.2. The van der Waals surface area contributed by atoms with Gasteiger partial charge in [0.1, 0.15) is 0 Å². The molecule has 4 heteroatoms. The third kappa shape index (κ3) is 2.13. The Bertz CT molecular complexity index is 466. The molecule has 2 aliphatic heterocycles. The summed E-state index contributed by atoms with van der Waals surface area (Å²) in [6, 6.07) is 6.34. The lowest BCUT2D eigenvalue weighted by atomic mass is 10.0. The van der Waals surface area contributed by atoms with E-state index < -0.39 is 0 Å². The van der Waals surface area contributed by atoms with Crippen LogP contribution in [0.1, 0.15) is 24.0 Å². The van der Waals surface area contributed by atoms with Gasteiger partial charge in [-0.05, 0) is 24.1 Å². The van der Waals surface area contributed by atoms with Crippen molar-refractivity contribution in [1.82, 2.24) is 10.2 Å². The van der Waals surface area contributed by atoms with Crippen LogP contribution in [-0.4, -0.2) is 37.0 Å². The predicted octanol–water partition coefficient (Wildman–Crippen LogP) is 1.15. The van der Waals surface area contributed by atoms with E-state index in [1.165, 1.54) is 5.56 Å². The molecule has 1 unspecified atom stereocenters. The van der Waals surface area contributed by atoms with E-state index in [9.17, 15) is 4.79 Å². The van der Waals surface area contributed by atoms with Gasteiger partial charge in [-0.1, -0.05) is 12.1 Å². The maximum atomic E-state index is 11.6. The Labute approximate surface area is 107 Å². The van der Waals surface area contributed by atoms with Gasteiger partial charge in [0, 0.05) is 38.4 Å². The fourth-order valence-electron chi connectivity index (χ4n) is 2.69. The molecule has 0 saturated carbocycles. The SMILES string of the molecule is CC1C(=O)Nc2ccc(CN3CCNCC3)cc21. The van der Waals surface area contributed by atoms with Crippen molar-refractivity contribution in [2.24, 2.45) is 0 Å². The first-order chi connectivity index (χ1) is 8.74. The summed E-state index contributed by atoms with van der Waals surface area (Å²) in [7, 11) is 0. The Morgan fingerprint density at radius 1 is 1.33 bits per heavy atom. The van der Waals surface area contributed by atoms with Crippen molar-refractivity contribution in [3.05, 3.63) is 29.3 Å². The van der Waals surface area contributed by atoms with Crippen LogP contribution in [0.15, 0.2) is 18.2 Å². The second-order valence-corrected chi connectivity index (χ2v) is 5.16. The van der Waals surface area contributed by atoms with Gasteiger partial charge in [-0.3, -0.25) is 9.69 Å². The van der Waals surface area contributed by atoms with Gasteiger partial charge in [0.15, 0.2) is 0 Å². The Hall–Kier alpha value is -1.39. The van der Waals surface area contributed by atoms with Gasteiger partial charge < -0.3 is 10.6 Å². The molecule has 4 nitrogen and oxygen atoms in total. The molecule has 0 bridgehead atoms. The normalized spacial score (nSPS) is 23.8. The van der Waals surface area contributed by atoms with E-state index in [4.69, 9.17) is 0 Å². The Kier molecular flexibility index (Phi) is 3.06. The number of fused-ring (bicyclic) bond motifs is 1. The summed E-state index contributed by atoms with van der Waals surface area (Å²) in [6.07, 6.45) is 0. The third-order valence-corrected chi connectivity index (χ3v) is 3.85. The van der Waals surface area contributed by atoms with Gasteiger partial charge in [-0.25, -0.2) is 0 Å². The van der Waals surface area contributed by atoms with Gasteiger partial charge >= 0.3 is 0 Å². The van der Waals surface area contributed by atoms with Crippen LogP contribution in [0.25, 0.3) is 0 Å². The van der Waals surface area contributed by atoms with Gasteiger partial charge in [-0.2, -0.15) is 0 Å². The van der Waals surface area contributed by atoms with E-state index in [-0.39, 0.29) is 11.8 Å². The van der Waals surface area contributed by atoms with Crippen LogP contribution in [0.2, 0.25) is 0 Å². The Morgan fingerprint density at radius 3 is 2.89 bits per heavy atom. The minimum atomic E-state index is -0.0111. The zero-order valence-corrected chi connectivity index (χ0v) is 10.7. The van der Waals surface area contributed by atoms with E-state index >= 15 is 0 Å². The Morgan fingerprint density at radius 2 is 2.11 bits per heavy atom. The average Bonchev–Trinajstić information content (AvgIpc) is 2.67. The summed E-state index contributed by atoms with van der Waals surface area (Å²) in [5, 5.41) is 6.27. The fraction of sp³-hybridized carbons (Fsp3) is 0.500. The summed E-state index contributed by atoms with van der Waals surface area (Å²) in [5.41, 5.74) is 3.43. The van der Waals surface area contributed by atoms with Crippen LogP contribution in [0.3, 0.4) is 0 Å². The molecule has 1 aromatic carbocycles. The van der Waals surface area contributed by atoms with Crippen LogP contribution < -0.4 is 10.6 Å². The van der Waals surface area contributed by atoms with Gasteiger partial charge in [0.05, 0.1) is 5.92 Å². The molecule has 1 aromatic rings. The molecule has 0 spiro atoms. The first kappa shape index (κ1) is 11.7. The number of amides is 1. The van der Waals surface area contributed by atoms with E-state index in [1.807, 2.05) is 13.0 Å². The number of rotatable bonds is 2. The molecule has 96 valence electrons. The van der Waals surface area contributed by atoms with Crippen molar-refractivity contribution in [3.8, 4) is 0 Å². The molecule has 1 atom stereocenters. The van der Waals surface area contributed by atoms with E-state index in [0.717, 1.165) is 44.0 Å². The van der Waals surface area contributed by atoms with Crippen molar-refractivity contribution in [3.63, 3.8) is 0 Å². The summed E-state index contributed by atoms with van der Waals surface area (Å²) >= 11 is 0. The highest BCUT2D eigenvalue weighted by molar-refractivity contribution is 6.02. The minimum Gasteiger partial charge on any atom is -0.325 e. The van der Waals surface area contributed by atoms with Crippen molar-refractivity contribution >= 4 is 11.6 Å². The number of nitrogens with one attached hydrogen (secondary N) is 2. The molecule has 2 aliphatic rings. The van der Waals surface area contributed by atoms with E-state index in [2.05, 4.69) is 27.7 Å². The first-order valence-electron chi connectivity index (χ1n) is 6.61. The highest BCUT2D eigenvalue weighted by Crippen LogP contribution is 2.32. The lowest BCUT2D eigenvalue weighted by Gasteiger charge is -2.27.